The normalized spacial score (nSPS) is 12.5. The van der Waals surface area contributed by atoms with Crippen molar-refractivity contribution in [2.75, 3.05) is 5.32 Å². The Labute approximate surface area is 177 Å². The van der Waals surface area contributed by atoms with Crippen LogP contribution in [0.1, 0.15) is 31.3 Å². The molecule has 3 aromatic rings. The minimum Gasteiger partial charge on any atom is -0.508 e. The van der Waals surface area contributed by atoms with Crippen LogP contribution in [0.3, 0.4) is 0 Å². The van der Waals surface area contributed by atoms with Crippen molar-refractivity contribution >= 4 is 57.2 Å². The van der Waals surface area contributed by atoms with Gasteiger partial charge in [-0.3, -0.25) is 5.32 Å². The molecule has 2 aromatic heterocycles. The van der Waals surface area contributed by atoms with Crippen LogP contribution < -0.4 is 5.32 Å². The molecule has 2 heterocycles. The number of phenolic OH excluding ortho intramolecular Hbond substituents is 1. The summed E-state index contributed by atoms with van der Waals surface area (Å²) in [6.07, 6.45) is 6.35. The monoisotopic (exact) mass is 429 g/mol. The number of thiazole rings is 1. The van der Waals surface area contributed by atoms with E-state index in [2.05, 4.69) is 15.3 Å². The Morgan fingerprint density at radius 1 is 1.28 bits per heavy atom. The number of nitrogens with one attached hydrogen (secondary N) is 1. The largest absolute Gasteiger partial charge is 0.508 e. The summed E-state index contributed by atoms with van der Waals surface area (Å²) in [5.74, 6) is 0.604. The quantitative estimate of drug-likeness (QED) is 0.494. The van der Waals surface area contributed by atoms with Crippen LogP contribution in [-0.4, -0.2) is 26.8 Å². The van der Waals surface area contributed by atoms with Gasteiger partial charge in [-0.15, -0.1) is 11.3 Å². The molecule has 6 nitrogen and oxygen atoms in total. The molecule has 0 atom stereocenters. The number of hydrogen-bond donors (Lipinski definition) is 2. The zero-order chi connectivity index (χ0) is 21.0. The van der Waals surface area contributed by atoms with Gasteiger partial charge in [-0.1, -0.05) is 11.6 Å². The molecule has 150 valence electrons. The molecular formula is C21H20ClN3O3S. The third-order valence-electron chi connectivity index (χ3n) is 3.49. The van der Waals surface area contributed by atoms with Crippen molar-refractivity contribution < 1.29 is 14.6 Å². The van der Waals surface area contributed by atoms with E-state index in [-0.39, 0.29) is 5.75 Å². The highest BCUT2D eigenvalue weighted by Crippen LogP contribution is 2.27. The number of fused-ring (bicyclic) bond motifs is 1. The molecule has 0 radical (unpaired) electrons. The molecule has 0 saturated heterocycles. The van der Waals surface area contributed by atoms with Crippen LogP contribution in [0.2, 0.25) is 0 Å². The third kappa shape index (κ3) is 6.30. The molecule has 1 aromatic carbocycles. The Morgan fingerprint density at radius 3 is 2.76 bits per heavy atom. The van der Waals surface area contributed by atoms with E-state index in [0.717, 1.165) is 20.8 Å². The molecule has 1 amide bonds. The highest BCUT2D eigenvalue weighted by molar-refractivity contribution is 7.19. The fraction of sp³-hybridized carbons (Fsp3) is 0.190. The summed E-state index contributed by atoms with van der Waals surface area (Å²) in [6, 6.07) is 8.52. The average molecular weight is 430 g/mol. The van der Waals surface area contributed by atoms with Crippen molar-refractivity contribution in [3.63, 3.8) is 0 Å². The van der Waals surface area contributed by atoms with Gasteiger partial charge < -0.3 is 9.84 Å². The number of benzene rings is 1. The maximum atomic E-state index is 11.8. The second-order valence-corrected chi connectivity index (χ2v) is 8.67. The molecule has 0 aliphatic heterocycles. The van der Waals surface area contributed by atoms with Crippen molar-refractivity contribution in [2.24, 2.45) is 0 Å². The molecule has 0 aliphatic carbocycles. The number of carbonyl (C=O) groups is 1. The highest BCUT2D eigenvalue weighted by Gasteiger charge is 2.16. The molecule has 0 unspecified atom stereocenters. The lowest BCUT2D eigenvalue weighted by Crippen LogP contribution is -2.27. The lowest BCUT2D eigenvalue weighted by atomic mass is 10.2. The number of anilines is 1. The molecule has 0 aliphatic rings. The van der Waals surface area contributed by atoms with Crippen molar-refractivity contribution in [3.8, 4) is 5.75 Å². The van der Waals surface area contributed by atoms with Gasteiger partial charge in [0.25, 0.3) is 0 Å². The summed E-state index contributed by atoms with van der Waals surface area (Å²) in [7, 11) is 0. The number of aromatic hydroxyl groups is 1. The van der Waals surface area contributed by atoms with Crippen LogP contribution in [0.15, 0.2) is 47.6 Å². The average Bonchev–Trinajstić information content (AvgIpc) is 3.02. The van der Waals surface area contributed by atoms with Gasteiger partial charge >= 0.3 is 6.09 Å². The maximum Gasteiger partial charge on any atom is 0.413 e. The number of aromatic nitrogens is 2. The number of ether oxygens (including phenoxy) is 1. The van der Waals surface area contributed by atoms with Crippen molar-refractivity contribution in [1.29, 1.82) is 0 Å². The molecule has 8 heteroatoms. The van der Waals surface area contributed by atoms with Crippen LogP contribution in [0, 0.1) is 0 Å². The van der Waals surface area contributed by atoms with Gasteiger partial charge in [-0.2, -0.15) is 0 Å². The number of nitrogens with zero attached hydrogens (tertiary/aromatic N) is 2. The van der Waals surface area contributed by atoms with E-state index in [0.29, 0.717) is 10.9 Å². The number of halogens is 1. The maximum absolute atomic E-state index is 11.8. The summed E-state index contributed by atoms with van der Waals surface area (Å²) in [6.45, 7) is 5.38. The van der Waals surface area contributed by atoms with Crippen LogP contribution in [0.25, 0.3) is 22.4 Å². The first kappa shape index (κ1) is 20.8. The number of pyridine rings is 1. The van der Waals surface area contributed by atoms with E-state index in [1.807, 2.05) is 6.08 Å². The summed E-state index contributed by atoms with van der Waals surface area (Å²) in [5.41, 5.74) is 1.03. The number of amides is 1. The van der Waals surface area contributed by atoms with Gasteiger partial charge in [0.15, 0.2) is 0 Å². The summed E-state index contributed by atoms with van der Waals surface area (Å²) < 4.78 is 6.09. The smallest absolute Gasteiger partial charge is 0.413 e. The number of phenols is 1. The summed E-state index contributed by atoms with van der Waals surface area (Å²) in [5, 5.41) is 13.4. The molecule has 0 saturated carbocycles. The van der Waals surface area contributed by atoms with Gasteiger partial charge in [-0.25, -0.2) is 14.8 Å². The second kappa shape index (κ2) is 8.63. The molecule has 29 heavy (non-hydrogen) atoms. The molecule has 0 bridgehead atoms. The van der Waals surface area contributed by atoms with E-state index in [1.54, 1.807) is 69.5 Å². The molecule has 0 spiro atoms. The molecule has 0 fully saturated rings. The number of rotatable bonds is 4. The topological polar surface area (TPSA) is 84.3 Å². The number of hydrogen-bond acceptors (Lipinski definition) is 6. The Hall–Kier alpha value is -2.90. The minimum atomic E-state index is -0.573. The van der Waals surface area contributed by atoms with Crippen LogP contribution in [-0.2, 0) is 4.74 Å². The lowest BCUT2D eigenvalue weighted by molar-refractivity contribution is 0.0635. The van der Waals surface area contributed by atoms with Gasteiger partial charge in [0.2, 0.25) is 0 Å². The zero-order valence-corrected chi connectivity index (χ0v) is 17.7. The standard InChI is InChI=1S/C21H20ClN3O3S/c1-21(2,3)28-20(27)25-18-8-4-13(12-23-18)10-14(22)5-9-19-24-16-7-6-15(26)11-17(16)29-19/h4-12,26H,1-3H3,(H,23,25,27)/b9-5+,14-10+. The van der Waals surface area contributed by atoms with Crippen LogP contribution in [0.4, 0.5) is 10.6 Å². The minimum absolute atomic E-state index is 0.215. The summed E-state index contributed by atoms with van der Waals surface area (Å²) >= 11 is 7.74. The van der Waals surface area contributed by atoms with E-state index in [1.165, 1.54) is 11.3 Å². The number of carbonyl (C=O) groups excluding carboxylic acids is 1. The summed E-state index contributed by atoms with van der Waals surface area (Å²) in [4.78, 5) is 20.4. The SMILES string of the molecule is CC(C)(C)OC(=O)Nc1ccc(/C=C(Cl)\C=C\c2nc3ccc(O)cc3s2)cn1. The van der Waals surface area contributed by atoms with E-state index in [4.69, 9.17) is 16.3 Å². The Balaban J connectivity index is 1.64. The van der Waals surface area contributed by atoms with E-state index >= 15 is 0 Å². The van der Waals surface area contributed by atoms with Gasteiger partial charge in [-0.05, 0) is 74.9 Å². The Kier molecular flexibility index (Phi) is 6.20. The third-order valence-corrected chi connectivity index (χ3v) is 4.71. The predicted molar refractivity (Wildman–Crippen MR) is 118 cm³/mol. The Bertz CT molecular complexity index is 1080. The second-order valence-electron chi connectivity index (χ2n) is 7.17. The molecular weight excluding hydrogens is 410 g/mol. The lowest BCUT2D eigenvalue weighted by Gasteiger charge is -2.19. The first-order valence-electron chi connectivity index (χ1n) is 8.79. The predicted octanol–water partition coefficient (Wildman–Crippen LogP) is 6.04. The van der Waals surface area contributed by atoms with Crippen LogP contribution in [0.5, 0.6) is 5.75 Å². The fourth-order valence-electron chi connectivity index (χ4n) is 2.33. The van der Waals surface area contributed by atoms with E-state index in [9.17, 15) is 9.90 Å². The van der Waals surface area contributed by atoms with Crippen molar-refractivity contribution in [2.45, 2.75) is 26.4 Å². The Morgan fingerprint density at radius 2 is 2.07 bits per heavy atom. The van der Waals surface area contributed by atoms with Gasteiger partial charge in [0.1, 0.15) is 22.2 Å². The van der Waals surface area contributed by atoms with Crippen molar-refractivity contribution in [1.82, 2.24) is 9.97 Å². The van der Waals surface area contributed by atoms with Gasteiger partial charge in [0.05, 0.1) is 10.2 Å². The number of allylic oxidation sites excluding steroid dienone is 2. The van der Waals surface area contributed by atoms with Gasteiger partial charge in [0, 0.05) is 11.2 Å². The zero-order valence-electron chi connectivity index (χ0n) is 16.1. The van der Waals surface area contributed by atoms with Crippen LogP contribution >= 0.6 is 22.9 Å². The molecule has 3 rings (SSSR count). The van der Waals surface area contributed by atoms with E-state index < -0.39 is 11.7 Å². The van der Waals surface area contributed by atoms with Crippen molar-refractivity contribution in [3.05, 3.63) is 58.2 Å². The highest BCUT2D eigenvalue weighted by atomic mass is 35.5. The fourth-order valence-corrected chi connectivity index (χ4v) is 3.43. The first-order chi connectivity index (χ1) is 13.7. The first-order valence-corrected chi connectivity index (χ1v) is 9.98. The molecule has 2 N–H and O–H groups in total.